The maximum absolute atomic E-state index is 11.7. The molecule has 1 aromatic rings. The minimum Gasteiger partial charge on any atom is -0.325 e. The van der Waals surface area contributed by atoms with E-state index >= 15 is 0 Å². The molecule has 3 nitrogen and oxygen atoms in total. The topological polar surface area (TPSA) is 55.1 Å². The number of nitrogens with two attached hydrogens (primary N) is 1. The Bertz CT molecular complexity index is 401. The van der Waals surface area contributed by atoms with Crippen molar-refractivity contribution in [2.24, 2.45) is 11.7 Å². The molecule has 1 atom stereocenters. The molecular formula is C11H15BrClIN2O. The number of carbonyl (C=O) groups is 1. The van der Waals surface area contributed by atoms with E-state index in [0.717, 1.165) is 13.7 Å². The lowest BCUT2D eigenvalue weighted by Gasteiger charge is -2.15. The van der Waals surface area contributed by atoms with E-state index in [2.05, 4.69) is 43.8 Å². The average molecular weight is 434 g/mol. The lowest BCUT2D eigenvalue weighted by molar-refractivity contribution is -0.118. The summed E-state index contributed by atoms with van der Waals surface area (Å²) in [6, 6.07) is 5.17. The molecule has 0 aliphatic rings. The van der Waals surface area contributed by atoms with E-state index in [0.29, 0.717) is 0 Å². The predicted octanol–water partition coefficient (Wildman–Crippen LogP) is 3.40. The second-order valence-corrected chi connectivity index (χ2v) is 5.90. The standard InChI is InChI=1S/C11H14BrIN2O.ClH/c1-6(2)10(14)11(16)15-7-3-4-8(12)9(13)5-7;/h3-6,10H,14H2,1-2H3,(H,15,16);1H/t10-;/m0./s1. The van der Waals surface area contributed by atoms with E-state index in [9.17, 15) is 4.79 Å². The first-order valence-electron chi connectivity index (χ1n) is 4.93. The van der Waals surface area contributed by atoms with Gasteiger partial charge in [0.05, 0.1) is 6.04 Å². The first-order chi connectivity index (χ1) is 7.41. The van der Waals surface area contributed by atoms with Crippen LogP contribution in [-0.4, -0.2) is 11.9 Å². The third kappa shape index (κ3) is 5.11. The van der Waals surface area contributed by atoms with E-state index < -0.39 is 6.04 Å². The van der Waals surface area contributed by atoms with Gasteiger partial charge in [0.2, 0.25) is 5.91 Å². The first kappa shape index (κ1) is 17.2. The van der Waals surface area contributed by atoms with Gasteiger partial charge < -0.3 is 11.1 Å². The third-order valence-corrected chi connectivity index (χ3v) is 4.53. The lowest BCUT2D eigenvalue weighted by Crippen LogP contribution is -2.39. The maximum atomic E-state index is 11.7. The number of hydrogen-bond acceptors (Lipinski definition) is 2. The fourth-order valence-corrected chi connectivity index (χ4v) is 1.86. The summed E-state index contributed by atoms with van der Waals surface area (Å²) < 4.78 is 2.06. The zero-order valence-corrected chi connectivity index (χ0v) is 14.1. The maximum Gasteiger partial charge on any atom is 0.241 e. The van der Waals surface area contributed by atoms with Crippen LogP contribution >= 0.6 is 50.9 Å². The normalized spacial score (nSPS) is 11.9. The highest BCUT2D eigenvalue weighted by Crippen LogP contribution is 2.22. The Morgan fingerprint density at radius 3 is 2.53 bits per heavy atom. The van der Waals surface area contributed by atoms with Crippen LogP contribution in [-0.2, 0) is 4.79 Å². The summed E-state index contributed by atoms with van der Waals surface area (Å²) in [6.45, 7) is 3.85. The summed E-state index contributed by atoms with van der Waals surface area (Å²) in [5.74, 6) is -0.0114. The second-order valence-electron chi connectivity index (χ2n) is 3.89. The van der Waals surface area contributed by atoms with Gasteiger partial charge >= 0.3 is 0 Å². The van der Waals surface area contributed by atoms with Crippen molar-refractivity contribution in [3.8, 4) is 0 Å². The van der Waals surface area contributed by atoms with Crippen LogP contribution in [0.25, 0.3) is 0 Å². The molecule has 0 heterocycles. The molecule has 1 amide bonds. The van der Waals surface area contributed by atoms with Crippen LogP contribution in [0.15, 0.2) is 22.7 Å². The molecule has 0 saturated carbocycles. The zero-order chi connectivity index (χ0) is 12.3. The molecule has 17 heavy (non-hydrogen) atoms. The highest BCUT2D eigenvalue weighted by atomic mass is 127. The predicted molar refractivity (Wildman–Crippen MR) is 85.6 cm³/mol. The molecule has 0 aliphatic carbocycles. The van der Waals surface area contributed by atoms with Crippen LogP contribution in [0.2, 0.25) is 0 Å². The van der Waals surface area contributed by atoms with Crippen molar-refractivity contribution in [2.75, 3.05) is 5.32 Å². The Morgan fingerprint density at radius 2 is 2.06 bits per heavy atom. The molecule has 0 saturated heterocycles. The fourth-order valence-electron chi connectivity index (χ4n) is 1.10. The zero-order valence-electron chi connectivity index (χ0n) is 9.54. The van der Waals surface area contributed by atoms with Gasteiger partial charge in [-0.15, -0.1) is 12.4 Å². The average Bonchev–Trinajstić information content (AvgIpc) is 2.22. The molecule has 3 N–H and O–H groups in total. The van der Waals surface area contributed by atoms with Crippen LogP contribution in [0, 0.1) is 9.49 Å². The minimum atomic E-state index is -0.471. The Hall–Kier alpha value is 0.150. The van der Waals surface area contributed by atoms with E-state index in [1.807, 2.05) is 32.0 Å². The number of amides is 1. The molecular weight excluding hydrogens is 418 g/mol. The van der Waals surface area contributed by atoms with Gasteiger partial charge in [-0.25, -0.2) is 0 Å². The van der Waals surface area contributed by atoms with Crippen molar-refractivity contribution in [2.45, 2.75) is 19.9 Å². The Morgan fingerprint density at radius 1 is 1.47 bits per heavy atom. The van der Waals surface area contributed by atoms with Crippen molar-refractivity contribution in [1.82, 2.24) is 0 Å². The number of halogens is 3. The number of anilines is 1. The third-order valence-electron chi connectivity index (χ3n) is 2.21. The van der Waals surface area contributed by atoms with Gasteiger partial charge in [0, 0.05) is 13.7 Å². The summed E-state index contributed by atoms with van der Waals surface area (Å²) in [5.41, 5.74) is 6.52. The lowest BCUT2D eigenvalue weighted by atomic mass is 10.1. The summed E-state index contributed by atoms with van der Waals surface area (Å²) in [7, 11) is 0. The number of nitrogens with one attached hydrogen (secondary N) is 1. The van der Waals surface area contributed by atoms with Crippen molar-refractivity contribution < 1.29 is 4.79 Å². The molecule has 6 heteroatoms. The molecule has 0 bridgehead atoms. The molecule has 0 unspecified atom stereocenters. The molecule has 0 radical (unpaired) electrons. The van der Waals surface area contributed by atoms with Crippen molar-refractivity contribution in [1.29, 1.82) is 0 Å². The van der Waals surface area contributed by atoms with Gasteiger partial charge in [-0.05, 0) is 62.6 Å². The molecule has 0 aromatic heterocycles. The first-order valence-corrected chi connectivity index (χ1v) is 6.80. The second kappa shape index (κ2) is 7.56. The van der Waals surface area contributed by atoms with Gasteiger partial charge in [0.25, 0.3) is 0 Å². The molecule has 0 fully saturated rings. The van der Waals surface area contributed by atoms with Crippen LogP contribution in [0.5, 0.6) is 0 Å². The van der Waals surface area contributed by atoms with Gasteiger partial charge in [-0.2, -0.15) is 0 Å². The van der Waals surface area contributed by atoms with Gasteiger partial charge in [0.15, 0.2) is 0 Å². The highest BCUT2D eigenvalue weighted by Gasteiger charge is 2.17. The van der Waals surface area contributed by atoms with E-state index in [1.54, 1.807) is 0 Å². The van der Waals surface area contributed by atoms with Crippen molar-refractivity contribution in [3.05, 3.63) is 26.2 Å². The Kier molecular flexibility index (Phi) is 7.62. The monoisotopic (exact) mass is 432 g/mol. The number of benzene rings is 1. The molecule has 0 spiro atoms. The van der Waals surface area contributed by atoms with E-state index in [4.69, 9.17) is 5.73 Å². The summed E-state index contributed by atoms with van der Waals surface area (Å²) in [5, 5.41) is 2.80. The van der Waals surface area contributed by atoms with Crippen molar-refractivity contribution in [3.63, 3.8) is 0 Å². The minimum absolute atomic E-state index is 0. The van der Waals surface area contributed by atoms with Gasteiger partial charge in [0.1, 0.15) is 0 Å². The van der Waals surface area contributed by atoms with Crippen LogP contribution < -0.4 is 11.1 Å². The quantitative estimate of drug-likeness (QED) is 0.718. The van der Waals surface area contributed by atoms with Crippen LogP contribution in [0.1, 0.15) is 13.8 Å². The largest absolute Gasteiger partial charge is 0.325 e. The highest BCUT2D eigenvalue weighted by molar-refractivity contribution is 14.1. The van der Waals surface area contributed by atoms with Crippen LogP contribution in [0.4, 0.5) is 5.69 Å². The van der Waals surface area contributed by atoms with E-state index in [1.165, 1.54) is 0 Å². The summed E-state index contributed by atoms with van der Waals surface area (Å²) in [4.78, 5) is 11.7. The molecule has 1 rings (SSSR count). The van der Waals surface area contributed by atoms with Gasteiger partial charge in [-0.1, -0.05) is 13.8 Å². The van der Waals surface area contributed by atoms with Crippen molar-refractivity contribution >= 4 is 62.5 Å². The van der Waals surface area contributed by atoms with Crippen LogP contribution in [0.3, 0.4) is 0 Å². The number of hydrogen-bond donors (Lipinski definition) is 2. The van der Waals surface area contributed by atoms with Gasteiger partial charge in [-0.3, -0.25) is 4.79 Å². The summed E-state index contributed by atoms with van der Waals surface area (Å²) >= 11 is 5.60. The number of carbonyl (C=O) groups excluding carboxylic acids is 1. The number of rotatable bonds is 3. The smallest absolute Gasteiger partial charge is 0.241 e. The fraction of sp³-hybridized carbons (Fsp3) is 0.364. The van der Waals surface area contributed by atoms with E-state index in [-0.39, 0.29) is 24.2 Å². The SMILES string of the molecule is CC(C)[C@H](N)C(=O)Nc1ccc(Br)c(I)c1.Cl. The molecule has 1 aromatic carbocycles. The summed E-state index contributed by atoms with van der Waals surface area (Å²) in [6.07, 6.45) is 0. The molecule has 0 aliphatic heterocycles. The molecule has 96 valence electrons. The Balaban J connectivity index is 0.00000256. The Labute approximate surface area is 130 Å².